The first-order valence-electron chi connectivity index (χ1n) is 5.68. The molecule has 0 bridgehead atoms. The molecule has 0 radical (unpaired) electrons. The third-order valence-corrected chi connectivity index (χ3v) is 3.25. The molecule has 0 saturated carbocycles. The number of hydrogen-bond donors (Lipinski definition) is 1. The lowest BCUT2D eigenvalue weighted by Crippen LogP contribution is -2.15. The lowest BCUT2D eigenvalue weighted by atomic mass is 10.1. The van der Waals surface area contributed by atoms with Gasteiger partial charge in [0.25, 0.3) is 5.91 Å². The van der Waals surface area contributed by atoms with Gasteiger partial charge < -0.3 is 5.32 Å². The number of anilines is 1. The van der Waals surface area contributed by atoms with Gasteiger partial charge in [-0.2, -0.15) is 0 Å². The molecule has 0 aliphatic carbocycles. The van der Waals surface area contributed by atoms with Crippen LogP contribution in [0.3, 0.4) is 0 Å². The van der Waals surface area contributed by atoms with Crippen molar-refractivity contribution in [3.63, 3.8) is 0 Å². The largest absolute Gasteiger partial charge is 0.307 e. The molecule has 0 saturated heterocycles. The van der Waals surface area contributed by atoms with Gasteiger partial charge in [-0.05, 0) is 59.6 Å². The van der Waals surface area contributed by atoms with E-state index in [1.54, 1.807) is 25.1 Å². The minimum absolute atomic E-state index is 0.295. The fourth-order valence-corrected chi connectivity index (χ4v) is 2.15. The highest BCUT2D eigenvalue weighted by Crippen LogP contribution is 2.21. The second-order valence-electron chi connectivity index (χ2n) is 4.20. The van der Waals surface area contributed by atoms with Crippen LogP contribution in [0.1, 0.15) is 21.6 Å². The van der Waals surface area contributed by atoms with Crippen LogP contribution in [-0.4, -0.2) is 10.9 Å². The summed E-state index contributed by atoms with van der Waals surface area (Å²) in [5.41, 5.74) is 1.79. The Morgan fingerprint density at radius 1 is 1.32 bits per heavy atom. The summed E-state index contributed by atoms with van der Waals surface area (Å²) in [6.07, 6.45) is 0. The predicted molar refractivity (Wildman–Crippen MR) is 75.8 cm³/mol. The summed E-state index contributed by atoms with van der Waals surface area (Å²) in [4.78, 5) is 16.3. The van der Waals surface area contributed by atoms with E-state index in [-0.39, 0.29) is 5.91 Å². The minimum atomic E-state index is -0.465. The SMILES string of the molecule is Cc1cccc(NC(=O)c2cc(F)c(Br)cc2C)n1. The van der Waals surface area contributed by atoms with Gasteiger partial charge in [0.2, 0.25) is 0 Å². The number of hydrogen-bond acceptors (Lipinski definition) is 2. The van der Waals surface area contributed by atoms with E-state index < -0.39 is 5.82 Å². The Morgan fingerprint density at radius 2 is 2.05 bits per heavy atom. The summed E-state index contributed by atoms with van der Waals surface area (Å²) in [6, 6.07) is 8.11. The van der Waals surface area contributed by atoms with E-state index >= 15 is 0 Å². The number of amides is 1. The van der Waals surface area contributed by atoms with Crippen molar-refractivity contribution in [1.82, 2.24) is 4.98 Å². The molecule has 1 heterocycles. The number of aromatic nitrogens is 1. The topological polar surface area (TPSA) is 42.0 Å². The van der Waals surface area contributed by atoms with Crippen LogP contribution in [0, 0.1) is 19.7 Å². The van der Waals surface area contributed by atoms with Crippen molar-refractivity contribution >= 4 is 27.7 Å². The van der Waals surface area contributed by atoms with Gasteiger partial charge in [0.15, 0.2) is 0 Å². The van der Waals surface area contributed by atoms with Gasteiger partial charge in [0, 0.05) is 11.3 Å². The van der Waals surface area contributed by atoms with Crippen LogP contribution in [0.25, 0.3) is 0 Å². The van der Waals surface area contributed by atoms with Crippen LogP contribution in [0.15, 0.2) is 34.8 Å². The van der Waals surface area contributed by atoms with E-state index in [1.165, 1.54) is 6.07 Å². The summed E-state index contributed by atoms with van der Waals surface area (Å²) in [7, 11) is 0. The Labute approximate surface area is 119 Å². The molecule has 1 aromatic heterocycles. The Kier molecular flexibility index (Phi) is 3.95. The van der Waals surface area contributed by atoms with Crippen LogP contribution in [-0.2, 0) is 0 Å². The zero-order chi connectivity index (χ0) is 14.0. The van der Waals surface area contributed by atoms with Crippen molar-refractivity contribution in [2.24, 2.45) is 0 Å². The number of nitrogens with one attached hydrogen (secondary N) is 1. The lowest BCUT2D eigenvalue weighted by molar-refractivity contribution is 0.102. The molecule has 2 aromatic rings. The first-order valence-corrected chi connectivity index (χ1v) is 6.47. The monoisotopic (exact) mass is 322 g/mol. The van der Waals surface area contributed by atoms with E-state index in [0.717, 1.165) is 5.69 Å². The molecule has 1 amide bonds. The zero-order valence-electron chi connectivity index (χ0n) is 10.5. The number of halogens is 2. The number of aryl methyl sites for hydroxylation is 2. The van der Waals surface area contributed by atoms with E-state index in [4.69, 9.17) is 0 Å². The maximum Gasteiger partial charge on any atom is 0.257 e. The smallest absolute Gasteiger partial charge is 0.257 e. The van der Waals surface area contributed by atoms with Gasteiger partial charge in [-0.25, -0.2) is 9.37 Å². The Balaban J connectivity index is 2.28. The molecular weight excluding hydrogens is 311 g/mol. The molecule has 0 fully saturated rings. The van der Waals surface area contributed by atoms with Crippen LogP contribution in [0.4, 0.5) is 10.2 Å². The highest BCUT2D eigenvalue weighted by molar-refractivity contribution is 9.10. The molecule has 5 heteroatoms. The molecule has 0 aliphatic rings. The molecule has 0 aliphatic heterocycles. The average molecular weight is 323 g/mol. The van der Waals surface area contributed by atoms with Crippen LogP contribution in [0.2, 0.25) is 0 Å². The quantitative estimate of drug-likeness (QED) is 0.912. The molecule has 19 heavy (non-hydrogen) atoms. The molecule has 1 N–H and O–H groups in total. The lowest BCUT2D eigenvalue weighted by Gasteiger charge is -2.08. The first-order chi connectivity index (χ1) is 8.97. The summed E-state index contributed by atoms with van der Waals surface area (Å²) in [5, 5.41) is 2.65. The van der Waals surface area contributed by atoms with Crippen molar-refractivity contribution in [1.29, 1.82) is 0 Å². The molecule has 0 unspecified atom stereocenters. The van der Waals surface area contributed by atoms with E-state index in [2.05, 4.69) is 26.2 Å². The van der Waals surface area contributed by atoms with Crippen LogP contribution >= 0.6 is 15.9 Å². The van der Waals surface area contributed by atoms with Crippen molar-refractivity contribution in [2.45, 2.75) is 13.8 Å². The normalized spacial score (nSPS) is 10.3. The summed E-state index contributed by atoms with van der Waals surface area (Å²) in [6.45, 7) is 3.59. The predicted octanol–water partition coefficient (Wildman–Crippen LogP) is 3.85. The van der Waals surface area contributed by atoms with Crippen molar-refractivity contribution in [3.05, 3.63) is 57.4 Å². The molecule has 1 aromatic carbocycles. The third-order valence-electron chi connectivity index (χ3n) is 2.64. The number of carbonyl (C=O) groups excluding carboxylic acids is 1. The second-order valence-corrected chi connectivity index (χ2v) is 5.05. The average Bonchev–Trinajstić information content (AvgIpc) is 2.33. The number of rotatable bonds is 2. The Bertz CT molecular complexity index is 643. The van der Waals surface area contributed by atoms with E-state index in [0.29, 0.717) is 21.4 Å². The molecule has 3 nitrogen and oxygen atoms in total. The molecule has 0 atom stereocenters. The molecule has 98 valence electrons. The Morgan fingerprint density at radius 3 is 2.74 bits per heavy atom. The number of nitrogens with zero attached hydrogens (tertiary/aromatic N) is 1. The van der Waals surface area contributed by atoms with E-state index in [9.17, 15) is 9.18 Å². The summed E-state index contributed by atoms with van der Waals surface area (Å²) < 4.78 is 13.8. The fourth-order valence-electron chi connectivity index (χ4n) is 1.69. The van der Waals surface area contributed by atoms with Crippen molar-refractivity contribution in [2.75, 3.05) is 5.32 Å². The van der Waals surface area contributed by atoms with Gasteiger partial charge >= 0.3 is 0 Å². The Hall–Kier alpha value is -1.75. The highest BCUT2D eigenvalue weighted by atomic mass is 79.9. The van der Waals surface area contributed by atoms with Gasteiger partial charge in [0.1, 0.15) is 11.6 Å². The highest BCUT2D eigenvalue weighted by Gasteiger charge is 2.13. The fraction of sp³-hybridized carbons (Fsp3) is 0.143. The third kappa shape index (κ3) is 3.17. The van der Waals surface area contributed by atoms with E-state index in [1.807, 2.05) is 13.0 Å². The number of benzene rings is 1. The zero-order valence-corrected chi connectivity index (χ0v) is 12.1. The van der Waals surface area contributed by atoms with Crippen molar-refractivity contribution < 1.29 is 9.18 Å². The number of carbonyl (C=O) groups is 1. The summed E-state index contributed by atoms with van der Waals surface area (Å²) in [5.74, 6) is -0.386. The summed E-state index contributed by atoms with van der Waals surface area (Å²) >= 11 is 3.09. The maximum absolute atomic E-state index is 13.5. The second kappa shape index (κ2) is 5.48. The number of pyridine rings is 1. The van der Waals surface area contributed by atoms with Crippen LogP contribution in [0.5, 0.6) is 0 Å². The first kappa shape index (κ1) is 13.7. The van der Waals surface area contributed by atoms with Gasteiger partial charge in [0.05, 0.1) is 4.47 Å². The maximum atomic E-state index is 13.5. The van der Waals surface area contributed by atoms with Gasteiger partial charge in [-0.1, -0.05) is 6.07 Å². The molecular formula is C14H12BrFN2O. The minimum Gasteiger partial charge on any atom is -0.307 e. The molecule has 0 spiro atoms. The van der Waals surface area contributed by atoms with Crippen LogP contribution < -0.4 is 5.32 Å². The standard InChI is InChI=1S/C14H12BrFN2O/c1-8-6-11(15)12(16)7-10(8)14(19)18-13-5-3-4-9(2)17-13/h3-7H,1-2H3,(H,17,18,19). The van der Waals surface area contributed by atoms with Gasteiger partial charge in [-0.15, -0.1) is 0 Å². The molecule has 2 rings (SSSR count). The van der Waals surface area contributed by atoms with Crippen molar-refractivity contribution in [3.8, 4) is 0 Å². The van der Waals surface area contributed by atoms with Gasteiger partial charge in [-0.3, -0.25) is 4.79 Å².